The van der Waals surface area contributed by atoms with Gasteiger partial charge in [-0.3, -0.25) is 0 Å². The van der Waals surface area contributed by atoms with E-state index in [0.29, 0.717) is 25.0 Å². The Bertz CT molecular complexity index is 343. The first-order valence-corrected chi connectivity index (χ1v) is 8.97. The summed E-state index contributed by atoms with van der Waals surface area (Å²) in [7, 11) is -0.883. The second-order valence-corrected chi connectivity index (χ2v) is 8.21. The van der Waals surface area contributed by atoms with Crippen LogP contribution in [0, 0.1) is 11.8 Å². The van der Waals surface area contributed by atoms with Crippen LogP contribution in [0.15, 0.2) is 0 Å². The molecule has 1 saturated carbocycles. The van der Waals surface area contributed by atoms with Crippen LogP contribution in [0.25, 0.3) is 0 Å². The number of rotatable bonds is 6. The van der Waals surface area contributed by atoms with Gasteiger partial charge in [-0.25, -0.2) is 8.42 Å². The van der Waals surface area contributed by atoms with Gasteiger partial charge in [0.05, 0.1) is 5.75 Å². The monoisotopic (exact) mass is 276 g/mol. The zero-order valence-electron chi connectivity index (χ0n) is 11.9. The number of hydrogen-bond donors (Lipinski definition) is 1. The summed E-state index contributed by atoms with van der Waals surface area (Å²) in [6.07, 6.45) is 6.35. The van der Waals surface area contributed by atoms with Crippen molar-refractivity contribution in [1.82, 2.24) is 4.90 Å². The fourth-order valence-electron chi connectivity index (χ4n) is 3.04. The molecule has 0 radical (unpaired) electrons. The number of hydrogen-bond acceptors (Lipinski definition) is 4. The molecule has 0 spiro atoms. The lowest BCUT2D eigenvalue weighted by atomic mass is 9.78. The molecule has 0 aromatic carbocycles. The van der Waals surface area contributed by atoms with Gasteiger partial charge in [-0.2, -0.15) is 0 Å². The topological polar surface area (TPSA) is 63.4 Å². The molecule has 3 unspecified atom stereocenters. The highest BCUT2D eigenvalue weighted by Gasteiger charge is 2.28. The van der Waals surface area contributed by atoms with Crippen molar-refractivity contribution in [1.29, 1.82) is 0 Å². The largest absolute Gasteiger partial charge is 0.329 e. The molecule has 0 aromatic rings. The van der Waals surface area contributed by atoms with Gasteiger partial charge in [0, 0.05) is 25.4 Å². The molecule has 0 bridgehead atoms. The average Bonchev–Trinajstić information content (AvgIpc) is 2.26. The van der Waals surface area contributed by atoms with Gasteiger partial charge in [-0.15, -0.1) is 0 Å². The second kappa shape index (κ2) is 6.87. The van der Waals surface area contributed by atoms with Crippen LogP contribution < -0.4 is 5.73 Å². The van der Waals surface area contributed by atoms with Crippen LogP contribution >= 0.6 is 0 Å². The Hall–Kier alpha value is -0.130. The normalized spacial score (nSPS) is 27.4. The number of likely N-dealkylation sites (N-methyl/N-ethyl adjacent to an activating group) is 1. The minimum absolute atomic E-state index is 0.224. The van der Waals surface area contributed by atoms with Gasteiger partial charge in [0.2, 0.25) is 0 Å². The maximum Gasteiger partial charge on any atom is 0.148 e. The number of nitrogens with two attached hydrogens (primary N) is 1. The molecule has 2 N–H and O–H groups in total. The molecule has 0 aliphatic heterocycles. The van der Waals surface area contributed by atoms with E-state index >= 15 is 0 Å². The Kier molecular flexibility index (Phi) is 6.08. The van der Waals surface area contributed by atoms with Gasteiger partial charge in [0.25, 0.3) is 0 Å². The van der Waals surface area contributed by atoms with Crippen LogP contribution in [0.2, 0.25) is 0 Å². The van der Waals surface area contributed by atoms with E-state index in [1.807, 2.05) is 7.05 Å². The number of sulfone groups is 1. The van der Waals surface area contributed by atoms with Crippen LogP contribution in [0.4, 0.5) is 0 Å². The van der Waals surface area contributed by atoms with Gasteiger partial charge >= 0.3 is 0 Å². The lowest BCUT2D eigenvalue weighted by molar-refractivity contribution is 0.136. The van der Waals surface area contributed by atoms with Crippen LogP contribution in [-0.4, -0.2) is 51.5 Å². The first kappa shape index (κ1) is 15.9. The minimum atomic E-state index is -2.88. The Balaban J connectivity index is 2.53. The zero-order chi connectivity index (χ0) is 13.8. The van der Waals surface area contributed by atoms with Crippen molar-refractivity contribution in [3.8, 4) is 0 Å². The third-order valence-electron chi connectivity index (χ3n) is 4.14. The molecule has 1 aliphatic carbocycles. The molecule has 0 heterocycles. The summed E-state index contributed by atoms with van der Waals surface area (Å²) in [6, 6.07) is 0.328. The standard InChI is InChI=1S/C13H28N2O2S/c1-11-5-4-6-12(9-11)13(10-14)15(2)7-8-18(3,16)17/h11-13H,4-10,14H2,1-3H3. The molecular formula is C13H28N2O2S. The summed E-state index contributed by atoms with van der Waals surface area (Å²) in [4.78, 5) is 2.14. The van der Waals surface area contributed by atoms with Crippen molar-refractivity contribution in [3.05, 3.63) is 0 Å². The fraction of sp³-hybridized carbons (Fsp3) is 1.00. The molecule has 18 heavy (non-hydrogen) atoms. The first-order valence-electron chi connectivity index (χ1n) is 6.91. The summed E-state index contributed by atoms with van der Waals surface area (Å²) in [6.45, 7) is 3.51. The molecule has 1 aliphatic rings. The van der Waals surface area contributed by atoms with Crippen molar-refractivity contribution < 1.29 is 8.42 Å². The van der Waals surface area contributed by atoms with Gasteiger partial charge in [-0.05, 0) is 31.7 Å². The molecular weight excluding hydrogens is 248 g/mol. The molecule has 1 fully saturated rings. The van der Waals surface area contributed by atoms with Crippen molar-refractivity contribution in [2.24, 2.45) is 17.6 Å². The zero-order valence-corrected chi connectivity index (χ0v) is 12.7. The summed E-state index contributed by atoms with van der Waals surface area (Å²) >= 11 is 0. The van der Waals surface area contributed by atoms with E-state index in [1.165, 1.54) is 31.9 Å². The van der Waals surface area contributed by atoms with Crippen LogP contribution in [-0.2, 0) is 9.84 Å². The lowest BCUT2D eigenvalue weighted by Gasteiger charge is -2.37. The van der Waals surface area contributed by atoms with E-state index in [4.69, 9.17) is 5.73 Å². The maximum atomic E-state index is 11.2. The van der Waals surface area contributed by atoms with Gasteiger partial charge < -0.3 is 10.6 Å². The van der Waals surface area contributed by atoms with Crippen LogP contribution in [0.1, 0.15) is 32.6 Å². The summed E-state index contributed by atoms with van der Waals surface area (Å²) in [5.74, 6) is 1.63. The smallest absolute Gasteiger partial charge is 0.148 e. The molecule has 0 amide bonds. The van der Waals surface area contributed by atoms with E-state index in [1.54, 1.807) is 0 Å². The highest BCUT2D eigenvalue weighted by Crippen LogP contribution is 2.32. The molecule has 5 heteroatoms. The van der Waals surface area contributed by atoms with Crippen LogP contribution in [0.3, 0.4) is 0 Å². The lowest BCUT2D eigenvalue weighted by Crippen LogP contribution is -2.46. The second-order valence-electron chi connectivity index (χ2n) is 5.95. The minimum Gasteiger partial charge on any atom is -0.329 e. The molecule has 0 aromatic heterocycles. The first-order chi connectivity index (χ1) is 8.33. The van der Waals surface area contributed by atoms with Gasteiger partial charge in [-0.1, -0.05) is 19.8 Å². The molecule has 3 atom stereocenters. The van der Waals surface area contributed by atoms with Crippen molar-refractivity contribution in [3.63, 3.8) is 0 Å². The van der Waals surface area contributed by atoms with Gasteiger partial charge in [0.15, 0.2) is 0 Å². The van der Waals surface area contributed by atoms with Gasteiger partial charge in [0.1, 0.15) is 9.84 Å². The predicted octanol–water partition coefficient (Wildman–Crippen LogP) is 1.12. The maximum absolute atomic E-state index is 11.2. The average molecular weight is 276 g/mol. The van der Waals surface area contributed by atoms with Crippen LogP contribution in [0.5, 0.6) is 0 Å². The van der Waals surface area contributed by atoms with E-state index in [0.717, 1.165) is 5.92 Å². The summed E-state index contributed by atoms with van der Waals surface area (Å²) < 4.78 is 22.4. The molecule has 4 nitrogen and oxygen atoms in total. The SMILES string of the molecule is CC1CCCC(C(CN)N(C)CCS(C)(=O)=O)C1. The fourth-order valence-corrected chi connectivity index (χ4v) is 3.66. The summed E-state index contributed by atoms with van der Waals surface area (Å²) in [5, 5.41) is 0. The van der Waals surface area contributed by atoms with E-state index in [-0.39, 0.29) is 5.75 Å². The highest BCUT2D eigenvalue weighted by molar-refractivity contribution is 7.90. The third-order valence-corrected chi connectivity index (χ3v) is 5.07. The predicted molar refractivity (Wildman–Crippen MR) is 76.3 cm³/mol. The number of nitrogens with zero attached hydrogens (tertiary/aromatic N) is 1. The molecule has 108 valence electrons. The van der Waals surface area contributed by atoms with Crippen molar-refractivity contribution in [2.75, 3.05) is 32.1 Å². The third kappa shape index (κ3) is 5.24. The van der Waals surface area contributed by atoms with E-state index < -0.39 is 9.84 Å². The molecule has 1 rings (SSSR count). The Morgan fingerprint density at radius 2 is 2.06 bits per heavy atom. The summed E-state index contributed by atoms with van der Waals surface area (Å²) in [5.41, 5.74) is 5.90. The Morgan fingerprint density at radius 3 is 2.56 bits per heavy atom. The van der Waals surface area contributed by atoms with Crippen molar-refractivity contribution in [2.45, 2.75) is 38.6 Å². The van der Waals surface area contributed by atoms with E-state index in [9.17, 15) is 8.42 Å². The van der Waals surface area contributed by atoms with Crippen molar-refractivity contribution >= 4 is 9.84 Å². The Labute approximate surface area is 112 Å². The molecule has 0 saturated heterocycles. The Morgan fingerprint density at radius 1 is 1.39 bits per heavy atom. The quantitative estimate of drug-likeness (QED) is 0.789. The van der Waals surface area contributed by atoms with E-state index in [2.05, 4.69) is 11.8 Å². The highest BCUT2D eigenvalue weighted by atomic mass is 32.2.